The third-order valence-corrected chi connectivity index (χ3v) is 1.43. The molecule has 0 fully saturated rings. The largest absolute Gasteiger partial charge is 0.205 e. The number of hydrogen-bond acceptors (Lipinski definition) is 0. The Balaban J connectivity index is 3.17. The summed E-state index contributed by atoms with van der Waals surface area (Å²) < 4.78 is 12.3. The van der Waals surface area contributed by atoms with Gasteiger partial charge in [-0.05, 0) is 18.2 Å². The first-order valence-corrected chi connectivity index (χ1v) is 3.11. The van der Waals surface area contributed by atoms with E-state index in [9.17, 15) is 4.39 Å². The van der Waals surface area contributed by atoms with Gasteiger partial charge in [0.05, 0.1) is 5.02 Å². The van der Waals surface area contributed by atoms with Crippen LogP contribution in [0.1, 0.15) is 0 Å². The number of halogens is 2. The van der Waals surface area contributed by atoms with Crippen LogP contribution >= 0.6 is 24.2 Å². The van der Waals surface area contributed by atoms with Gasteiger partial charge >= 0.3 is 0 Å². The molecule has 0 aliphatic rings. The summed E-state index contributed by atoms with van der Waals surface area (Å²) in [6.07, 6.45) is 0. The molecule has 0 spiro atoms. The molecular weight excluding hydrogens is 159 g/mol. The fraction of sp³-hybridized carbons (Fsp3) is 0. The number of hydrogen-bond donors (Lipinski definition) is 0. The number of rotatable bonds is 0. The van der Waals surface area contributed by atoms with Crippen molar-refractivity contribution < 1.29 is 4.39 Å². The molecule has 1 rings (SSSR count). The van der Waals surface area contributed by atoms with E-state index in [2.05, 4.69) is 0 Å². The normalized spacial score (nSPS) is 9.56. The van der Waals surface area contributed by atoms with Gasteiger partial charge in [0.2, 0.25) is 0 Å². The van der Waals surface area contributed by atoms with Crippen LogP contribution in [0, 0.1) is 5.82 Å². The summed E-state index contributed by atoms with van der Waals surface area (Å²) in [6.45, 7) is 0. The van der Waals surface area contributed by atoms with Gasteiger partial charge in [-0.2, -0.15) is 0 Å². The van der Waals surface area contributed by atoms with Crippen LogP contribution in [-0.2, 0) is 0 Å². The van der Waals surface area contributed by atoms with Gasteiger partial charge in [-0.3, -0.25) is 0 Å². The first kappa shape index (κ1) is 6.78. The highest BCUT2D eigenvalue weighted by Gasteiger charge is 1.96. The van der Waals surface area contributed by atoms with Crippen LogP contribution < -0.4 is 0 Å². The van der Waals surface area contributed by atoms with Gasteiger partial charge in [-0.25, -0.2) is 4.39 Å². The van der Waals surface area contributed by atoms with E-state index in [4.69, 9.17) is 24.2 Å². The predicted molar refractivity (Wildman–Crippen MR) is 37.3 cm³/mol. The van der Waals surface area contributed by atoms with Crippen molar-refractivity contribution in [2.45, 2.75) is 4.90 Å². The fourth-order valence-electron chi connectivity index (χ4n) is 0.477. The van der Waals surface area contributed by atoms with E-state index in [0.29, 0.717) is 4.90 Å². The van der Waals surface area contributed by atoms with Crippen LogP contribution in [0.3, 0.4) is 0 Å². The van der Waals surface area contributed by atoms with E-state index < -0.39 is 5.82 Å². The standard InChI is InChI=1S/C6H3ClFS/c7-5-3-4(9)1-2-6(5)8/h1-3H. The minimum Gasteiger partial charge on any atom is -0.205 e. The average Bonchev–Trinajstić information content (AvgIpc) is 1.80. The van der Waals surface area contributed by atoms with E-state index in [0.717, 1.165) is 0 Å². The van der Waals surface area contributed by atoms with Gasteiger partial charge in [0, 0.05) is 4.90 Å². The van der Waals surface area contributed by atoms with Crippen LogP contribution in [0.25, 0.3) is 0 Å². The molecule has 47 valence electrons. The molecule has 0 bridgehead atoms. The summed E-state index contributed by atoms with van der Waals surface area (Å²) in [4.78, 5) is 0.557. The topological polar surface area (TPSA) is 0 Å². The Morgan fingerprint density at radius 3 is 2.56 bits per heavy atom. The monoisotopic (exact) mass is 161 g/mol. The Kier molecular flexibility index (Phi) is 1.88. The lowest BCUT2D eigenvalue weighted by Gasteiger charge is -1.91. The zero-order valence-corrected chi connectivity index (χ0v) is 5.97. The number of benzene rings is 1. The molecule has 0 heterocycles. The summed E-state index contributed by atoms with van der Waals surface area (Å²) in [6, 6.07) is 4.16. The van der Waals surface area contributed by atoms with Crippen LogP contribution in [0.4, 0.5) is 4.39 Å². The molecule has 0 N–H and O–H groups in total. The molecule has 0 aromatic heterocycles. The zero-order chi connectivity index (χ0) is 6.85. The molecule has 3 heteroatoms. The summed E-state index contributed by atoms with van der Waals surface area (Å²) in [5, 5.41) is 0.0856. The van der Waals surface area contributed by atoms with Gasteiger partial charge in [-0.15, -0.1) is 0 Å². The molecule has 0 aliphatic carbocycles. The molecule has 1 aromatic carbocycles. The Labute approximate surface area is 63.1 Å². The molecule has 1 aromatic rings. The minimum atomic E-state index is -0.426. The van der Waals surface area contributed by atoms with E-state index >= 15 is 0 Å². The predicted octanol–water partition coefficient (Wildman–Crippen LogP) is 3.04. The van der Waals surface area contributed by atoms with Crippen molar-refractivity contribution in [1.29, 1.82) is 0 Å². The Morgan fingerprint density at radius 1 is 1.44 bits per heavy atom. The summed E-state index contributed by atoms with van der Waals surface area (Å²) in [7, 11) is 0. The van der Waals surface area contributed by atoms with Crippen molar-refractivity contribution in [2.75, 3.05) is 0 Å². The third kappa shape index (κ3) is 1.53. The van der Waals surface area contributed by atoms with Crippen molar-refractivity contribution >= 4 is 24.2 Å². The van der Waals surface area contributed by atoms with Crippen molar-refractivity contribution in [3.63, 3.8) is 0 Å². The summed E-state index contributed by atoms with van der Waals surface area (Å²) in [5.41, 5.74) is 0. The Hall–Kier alpha value is -0.340. The Morgan fingerprint density at radius 2 is 2.11 bits per heavy atom. The maximum Gasteiger partial charge on any atom is 0.141 e. The molecule has 0 saturated heterocycles. The van der Waals surface area contributed by atoms with Crippen LogP contribution in [0.5, 0.6) is 0 Å². The van der Waals surface area contributed by atoms with Crippen molar-refractivity contribution in [3.05, 3.63) is 29.0 Å². The van der Waals surface area contributed by atoms with Gasteiger partial charge in [0.25, 0.3) is 0 Å². The SMILES string of the molecule is Fc1ccc([S])cc1Cl. The molecule has 1 radical (unpaired) electrons. The fourth-order valence-corrected chi connectivity index (χ4v) is 0.908. The smallest absolute Gasteiger partial charge is 0.141 e. The minimum absolute atomic E-state index is 0.0856. The van der Waals surface area contributed by atoms with Crippen molar-refractivity contribution in [2.24, 2.45) is 0 Å². The lowest BCUT2D eigenvalue weighted by atomic mass is 10.3. The van der Waals surface area contributed by atoms with Crippen molar-refractivity contribution in [3.8, 4) is 0 Å². The Bertz CT molecular complexity index is 224. The molecule has 0 amide bonds. The van der Waals surface area contributed by atoms with E-state index in [-0.39, 0.29) is 5.02 Å². The van der Waals surface area contributed by atoms with E-state index in [1.54, 1.807) is 0 Å². The molecule has 0 aliphatic heterocycles. The van der Waals surface area contributed by atoms with Gasteiger partial charge in [0.1, 0.15) is 5.82 Å². The second-order valence-electron chi connectivity index (χ2n) is 1.58. The average molecular weight is 162 g/mol. The van der Waals surface area contributed by atoms with Crippen LogP contribution in [-0.4, -0.2) is 0 Å². The van der Waals surface area contributed by atoms with Crippen LogP contribution in [0.2, 0.25) is 5.02 Å². The van der Waals surface area contributed by atoms with Gasteiger partial charge < -0.3 is 0 Å². The molecule has 0 unspecified atom stereocenters. The summed E-state index contributed by atoms with van der Waals surface area (Å²) >= 11 is 10.1. The second kappa shape index (κ2) is 2.50. The second-order valence-corrected chi connectivity index (χ2v) is 2.45. The molecule has 9 heavy (non-hydrogen) atoms. The van der Waals surface area contributed by atoms with Crippen LogP contribution in [0.15, 0.2) is 23.1 Å². The highest BCUT2D eigenvalue weighted by Crippen LogP contribution is 2.17. The first-order chi connectivity index (χ1) is 4.20. The van der Waals surface area contributed by atoms with E-state index in [1.165, 1.54) is 18.2 Å². The lowest BCUT2D eigenvalue weighted by Crippen LogP contribution is -1.73. The first-order valence-electron chi connectivity index (χ1n) is 2.32. The maximum atomic E-state index is 12.3. The molecule has 0 atom stereocenters. The lowest BCUT2D eigenvalue weighted by molar-refractivity contribution is 0.627. The maximum absolute atomic E-state index is 12.3. The zero-order valence-electron chi connectivity index (χ0n) is 4.40. The van der Waals surface area contributed by atoms with E-state index in [1.807, 2.05) is 0 Å². The summed E-state index contributed by atoms with van der Waals surface area (Å²) in [5.74, 6) is -0.426. The molecule has 0 nitrogen and oxygen atoms in total. The molecule has 0 saturated carbocycles. The van der Waals surface area contributed by atoms with Gasteiger partial charge in [0.15, 0.2) is 0 Å². The third-order valence-electron chi connectivity index (χ3n) is 0.891. The quantitative estimate of drug-likeness (QED) is 0.549. The highest BCUT2D eigenvalue weighted by atomic mass is 35.5. The van der Waals surface area contributed by atoms with Crippen molar-refractivity contribution in [1.82, 2.24) is 0 Å². The highest BCUT2D eigenvalue weighted by molar-refractivity contribution is 7.80. The molecular formula is C6H3ClFS. The van der Waals surface area contributed by atoms with Gasteiger partial charge in [-0.1, -0.05) is 24.2 Å².